The number of fused-ring (bicyclic) bond motifs is 1. The highest BCUT2D eigenvalue weighted by Crippen LogP contribution is 2.52. The average molecular weight is 925 g/mol. The maximum absolute atomic E-state index is 13.8. The molecule has 0 saturated carbocycles. The van der Waals surface area contributed by atoms with Gasteiger partial charge in [0.25, 0.3) is 17.1 Å². The number of nitro groups is 3. The van der Waals surface area contributed by atoms with Gasteiger partial charge in [0.15, 0.2) is 0 Å². The summed E-state index contributed by atoms with van der Waals surface area (Å²) in [5.74, 6) is -1.93. The van der Waals surface area contributed by atoms with Crippen molar-refractivity contribution in [2.45, 2.75) is 69.6 Å². The molecule has 0 spiro atoms. The summed E-state index contributed by atoms with van der Waals surface area (Å²) in [5.41, 5.74) is 1.18. The standard InChI is InChI=1S/C41H44N6O15S2/c1-23-35-34(24(2)48)38(50)44(35)36(39(51)60-18-25-3-9-28(10-4-25)45(54)55)37(23)64-33-15-31(43(17-33)41(53)62-20-27-7-13-30(14-8-27)47(58)59)21-63-22-32(49)16-42-40(52)61-19-26-5-11-29(12-6-26)46(56)57/h3-14,23-24,31-35,48-49H,15-22H2,1-2H3,(H,42,52)/t23-,24-,31+,32?,33+,34-,35-/m1/s1. The van der Waals surface area contributed by atoms with Gasteiger partial charge in [-0.15, -0.1) is 11.8 Å². The average Bonchev–Trinajstić information content (AvgIpc) is 3.78. The summed E-state index contributed by atoms with van der Waals surface area (Å²) in [7, 11) is 0. The number of hydrogen-bond acceptors (Lipinski definition) is 17. The van der Waals surface area contributed by atoms with Crippen LogP contribution in [0.4, 0.5) is 26.7 Å². The van der Waals surface area contributed by atoms with Crippen LogP contribution in [0.15, 0.2) is 83.4 Å². The van der Waals surface area contributed by atoms with Crippen LogP contribution in [0.2, 0.25) is 0 Å². The first-order valence-corrected chi connectivity index (χ1v) is 21.9. The van der Waals surface area contributed by atoms with Crippen LogP contribution in [0.3, 0.4) is 0 Å². The van der Waals surface area contributed by atoms with Crippen molar-refractivity contribution in [3.8, 4) is 0 Å². The number of ether oxygens (including phenoxy) is 3. The van der Waals surface area contributed by atoms with Crippen molar-refractivity contribution in [2.24, 2.45) is 11.8 Å². The van der Waals surface area contributed by atoms with Crippen molar-refractivity contribution in [3.05, 3.63) is 130 Å². The van der Waals surface area contributed by atoms with Crippen LogP contribution in [0.5, 0.6) is 0 Å². The Morgan fingerprint density at radius 3 is 1.81 bits per heavy atom. The number of non-ortho nitro benzene ring substituents is 3. The van der Waals surface area contributed by atoms with E-state index in [1.807, 2.05) is 6.92 Å². The second-order valence-electron chi connectivity index (χ2n) is 15.3. The van der Waals surface area contributed by atoms with Crippen LogP contribution in [0.25, 0.3) is 0 Å². The number of aliphatic hydroxyl groups excluding tert-OH is 2. The molecule has 23 heteroatoms. The summed E-state index contributed by atoms with van der Waals surface area (Å²) in [6, 6.07) is 15.5. The van der Waals surface area contributed by atoms with E-state index in [1.165, 1.54) is 113 Å². The van der Waals surface area contributed by atoms with Crippen LogP contribution in [-0.4, -0.2) is 113 Å². The van der Waals surface area contributed by atoms with Gasteiger partial charge in [0.1, 0.15) is 25.5 Å². The number of likely N-dealkylation sites (tertiary alicyclic amines) is 1. The Morgan fingerprint density at radius 1 is 0.812 bits per heavy atom. The molecule has 3 aromatic rings. The number of β-lactam (4-membered cyclic amide) rings is 1. The molecule has 0 radical (unpaired) electrons. The lowest BCUT2D eigenvalue weighted by atomic mass is 9.79. The number of hydrogen-bond donors (Lipinski definition) is 3. The molecule has 64 heavy (non-hydrogen) atoms. The fourth-order valence-electron chi connectivity index (χ4n) is 7.58. The molecule has 3 N–H and O–H groups in total. The molecule has 2 saturated heterocycles. The second-order valence-corrected chi connectivity index (χ2v) is 17.7. The van der Waals surface area contributed by atoms with Crippen LogP contribution >= 0.6 is 23.5 Å². The molecule has 340 valence electrons. The van der Waals surface area contributed by atoms with E-state index in [2.05, 4.69) is 5.32 Å². The van der Waals surface area contributed by atoms with Gasteiger partial charge in [0, 0.05) is 83.1 Å². The smallest absolute Gasteiger partial charge is 0.410 e. The monoisotopic (exact) mass is 924 g/mol. The van der Waals surface area contributed by atoms with E-state index in [9.17, 15) is 59.7 Å². The van der Waals surface area contributed by atoms with Gasteiger partial charge in [0.05, 0.1) is 38.9 Å². The third-order valence-electron chi connectivity index (χ3n) is 10.9. The first-order chi connectivity index (χ1) is 30.5. The molecule has 0 aromatic heterocycles. The second kappa shape index (κ2) is 20.9. The van der Waals surface area contributed by atoms with Crippen LogP contribution in [-0.2, 0) is 43.6 Å². The highest BCUT2D eigenvalue weighted by atomic mass is 32.2. The summed E-state index contributed by atoms with van der Waals surface area (Å²) >= 11 is 2.63. The van der Waals surface area contributed by atoms with Crippen molar-refractivity contribution >= 4 is 64.6 Å². The van der Waals surface area contributed by atoms with E-state index >= 15 is 0 Å². The maximum Gasteiger partial charge on any atom is 0.410 e. The number of carbonyl (C=O) groups excluding carboxylic acids is 4. The summed E-state index contributed by atoms with van der Waals surface area (Å²) in [6.45, 7) is 2.78. The van der Waals surface area contributed by atoms with Crippen molar-refractivity contribution in [1.82, 2.24) is 15.1 Å². The Labute approximate surface area is 373 Å². The quantitative estimate of drug-likeness (QED) is 0.0466. The zero-order chi connectivity index (χ0) is 46.2. The molecule has 0 bridgehead atoms. The summed E-state index contributed by atoms with van der Waals surface area (Å²) < 4.78 is 16.4. The lowest BCUT2D eigenvalue weighted by molar-refractivity contribution is -0.385. The van der Waals surface area contributed by atoms with Gasteiger partial charge in [-0.2, -0.15) is 11.8 Å². The molecule has 7 atom stereocenters. The molecule has 2 fully saturated rings. The largest absolute Gasteiger partial charge is 0.456 e. The first kappa shape index (κ1) is 47.2. The zero-order valence-corrected chi connectivity index (χ0v) is 36.0. The molecule has 3 aliphatic heterocycles. The van der Waals surface area contributed by atoms with E-state index in [0.29, 0.717) is 33.8 Å². The number of nitrogens with one attached hydrogen (secondary N) is 1. The van der Waals surface area contributed by atoms with E-state index in [1.54, 1.807) is 0 Å². The molecule has 1 unspecified atom stereocenters. The fraction of sp³-hybridized carbons (Fsp3) is 0.415. The predicted octanol–water partition coefficient (Wildman–Crippen LogP) is 5.06. The third-order valence-corrected chi connectivity index (χ3v) is 13.6. The number of alkyl carbamates (subject to hydrolysis) is 1. The SMILES string of the molecule is C[C@@H](O)[C@H]1C(=O)N2C(C(=O)OCc3ccc([N+](=O)[O-])cc3)=C(S[C@H]3C[C@@H](CSCC(O)CNC(=O)OCc4ccc([N+](=O)[O-])cc4)N(C(=O)OCc4ccc([N+](=O)[O-])cc4)C3)[C@H](C)[C@H]12. The van der Waals surface area contributed by atoms with Gasteiger partial charge in [-0.25, -0.2) is 14.4 Å². The number of nitro benzene ring substituents is 3. The normalized spacial score (nSPS) is 21.1. The minimum Gasteiger partial charge on any atom is -0.456 e. The van der Waals surface area contributed by atoms with Gasteiger partial charge in [-0.05, 0) is 66.4 Å². The van der Waals surface area contributed by atoms with Crippen molar-refractivity contribution in [1.29, 1.82) is 0 Å². The van der Waals surface area contributed by atoms with E-state index in [0.717, 1.165) is 0 Å². The Kier molecular flexibility index (Phi) is 15.4. The molecule has 21 nitrogen and oxygen atoms in total. The summed E-state index contributed by atoms with van der Waals surface area (Å²) in [4.78, 5) is 88.1. The highest BCUT2D eigenvalue weighted by Gasteiger charge is 2.60. The Balaban J connectivity index is 1.11. The fourth-order valence-corrected chi connectivity index (χ4v) is 10.3. The number of rotatable bonds is 19. The maximum atomic E-state index is 13.8. The minimum atomic E-state index is -1.01. The molecule has 3 heterocycles. The molecule has 3 aliphatic rings. The molecule has 6 rings (SSSR count). The number of carbonyl (C=O) groups is 4. The third kappa shape index (κ3) is 11.3. The van der Waals surface area contributed by atoms with E-state index < -0.39 is 75.0 Å². The Bertz CT molecular complexity index is 2280. The van der Waals surface area contributed by atoms with Crippen molar-refractivity contribution in [3.63, 3.8) is 0 Å². The Morgan fingerprint density at radius 2 is 1.31 bits per heavy atom. The lowest BCUT2D eigenvalue weighted by Crippen LogP contribution is -2.63. The van der Waals surface area contributed by atoms with Crippen LogP contribution in [0, 0.1) is 42.2 Å². The minimum absolute atomic E-state index is 0.0262. The van der Waals surface area contributed by atoms with Crippen molar-refractivity contribution in [2.75, 3.05) is 24.6 Å². The number of thioether (sulfide) groups is 2. The number of benzene rings is 3. The van der Waals surface area contributed by atoms with Gasteiger partial charge in [-0.3, -0.25) is 35.1 Å². The topological polar surface area (TPSA) is 284 Å². The molecule has 0 aliphatic carbocycles. The van der Waals surface area contributed by atoms with E-state index in [4.69, 9.17) is 14.2 Å². The molecular formula is C41H44N6O15S2. The zero-order valence-electron chi connectivity index (χ0n) is 34.4. The molecule has 3 amide bonds. The van der Waals surface area contributed by atoms with Crippen LogP contribution < -0.4 is 5.32 Å². The number of esters is 1. The first-order valence-electron chi connectivity index (χ1n) is 19.9. The number of aliphatic hydroxyl groups is 2. The van der Waals surface area contributed by atoms with Crippen molar-refractivity contribution < 1.29 is 58.4 Å². The summed E-state index contributed by atoms with van der Waals surface area (Å²) in [5, 5.41) is 56.4. The van der Waals surface area contributed by atoms with Gasteiger partial charge in [0.2, 0.25) is 5.91 Å². The van der Waals surface area contributed by atoms with Crippen LogP contribution in [0.1, 0.15) is 37.0 Å². The number of amides is 3. The van der Waals surface area contributed by atoms with Gasteiger partial charge in [-0.1, -0.05) is 6.92 Å². The lowest BCUT2D eigenvalue weighted by Gasteiger charge is -2.46. The highest BCUT2D eigenvalue weighted by molar-refractivity contribution is 8.03. The predicted molar refractivity (Wildman–Crippen MR) is 229 cm³/mol. The summed E-state index contributed by atoms with van der Waals surface area (Å²) in [6.07, 6.45) is -3.09. The van der Waals surface area contributed by atoms with E-state index in [-0.39, 0.29) is 66.7 Å². The number of nitrogens with zero attached hydrogens (tertiary/aromatic N) is 5. The molecule has 3 aromatic carbocycles. The van der Waals surface area contributed by atoms with Gasteiger partial charge < -0.3 is 39.5 Å². The van der Waals surface area contributed by atoms with Gasteiger partial charge >= 0.3 is 18.2 Å². The Hall–Kier alpha value is -6.30. The molecular weight excluding hydrogens is 881 g/mol.